The summed E-state index contributed by atoms with van der Waals surface area (Å²) < 4.78 is 4.89. The number of hydrogen-bond acceptors (Lipinski definition) is 4. The molecule has 0 N–H and O–H groups in total. The van der Waals surface area contributed by atoms with Gasteiger partial charge >= 0.3 is 5.97 Å². The smallest absolute Gasteiger partial charge is 0.310 e. The average molecular weight is 250 g/mol. The molecule has 4 heteroatoms. The normalized spacial score (nSPS) is 10.3. The summed E-state index contributed by atoms with van der Waals surface area (Å²) in [7, 11) is 0. The number of hydrogen-bond donors (Lipinski definition) is 0. The van der Waals surface area contributed by atoms with E-state index in [1.807, 2.05) is 25.1 Å². The van der Waals surface area contributed by atoms with Gasteiger partial charge in [-0.3, -0.25) is 14.6 Å². The molecule has 0 saturated heterocycles. The predicted octanol–water partition coefficient (Wildman–Crippen LogP) is 3.03. The molecule has 0 aliphatic rings. The molecule has 0 saturated carbocycles. The molecule has 0 atom stereocenters. The van der Waals surface area contributed by atoms with Crippen molar-refractivity contribution in [2.24, 2.45) is 0 Å². The van der Waals surface area contributed by atoms with Crippen molar-refractivity contribution in [3.63, 3.8) is 0 Å². The summed E-state index contributed by atoms with van der Waals surface area (Å²) in [5.41, 5.74) is 0.737. The molecule has 0 aliphatic heterocycles. The van der Waals surface area contributed by atoms with Gasteiger partial charge in [-0.2, -0.15) is 0 Å². The molecular formula is C14H18O4. The molecule has 1 rings (SSSR count). The molecule has 18 heavy (non-hydrogen) atoms. The Balaban J connectivity index is 2.61. The third-order valence-corrected chi connectivity index (χ3v) is 2.14. The molecule has 0 aromatic heterocycles. The van der Waals surface area contributed by atoms with Gasteiger partial charge in [-0.05, 0) is 25.5 Å². The Kier molecular flexibility index (Phi) is 6.40. The number of ether oxygens (including phenoxy) is 1. The van der Waals surface area contributed by atoms with Crippen molar-refractivity contribution in [3.05, 3.63) is 42.2 Å². The van der Waals surface area contributed by atoms with E-state index < -0.39 is 0 Å². The number of benzene rings is 1. The van der Waals surface area contributed by atoms with E-state index >= 15 is 0 Å². The first-order chi connectivity index (χ1) is 8.77. The summed E-state index contributed by atoms with van der Waals surface area (Å²) in [6.45, 7) is 4.14. The Hall–Kier alpha value is -1.97. The van der Waals surface area contributed by atoms with Gasteiger partial charge in [-0.25, -0.2) is 0 Å². The van der Waals surface area contributed by atoms with Crippen LogP contribution in [0.1, 0.15) is 25.8 Å². The molecule has 1 aromatic rings. The van der Waals surface area contributed by atoms with Crippen molar-refractivity contribution < 1.29 is 19.3 Å². The van der Waals surface area contributed by atoms with Crippen LogP contribution in [0.4, 0.5) is 0 Å². The highest BCUT2D eigenvalue weighted by Gasteiger charge is 2.09. The molecular weight excluding hydrogens is 232 g/mol. The van der Waals surface area contributed by atoms with Crippen LogP contribution in [0.5, 0.6) is 5.75 Å². The molecule has 0 spiro atoms. The van der Waals surface area contributed by atoms with Crippen LogP contribution >= 0.6 is 0 Å². The van der Waals surface area contributed by atoms with E-state index in [0.717, 1.165) is 12.0 Å². The van der Waals surface area contributed by atoms with Crippen molar-refractivity contribution >= 4 is 5.97 Å². The van der Waals surface area contributed by atoms with E-state index in [1.165, 1.54) is 6.26 Å². The average Bonchev–Trinajstić information content (AvgIpc) is 2.37. The third kappa shape index (κ3) is 4.91. The molecule has 0 bridgehead atoms. The van der Waals surface area contributed by atoms with Crippen LogP contribution in [-0.4, -0.2) is 12.6 Å². The second-order valence-electron chi connectivity index (χ2n) is 3.55. The molecule has 0 radical (unpaired) electrons. The highest BCUT2D eigenvalue weighted by Crippen LogP contribution is 2.19. The van der Waals surface area contributed by atoms with Gasteiger partial charge in [0, 0.05) is 5.56 Å². The lowest BCUT2D eigenvalue weighted by atomic mass is 10.1. The molecule has 0 aliphatic carbocycles. The van der Waals surface area contributed by atoms with Gasteiger partial charge in [0.05, 0.1) is 13.0 Å². The maximum absolute atomic E-state index is 11.4. The number of allylic oxidation sites excluding steroid dienone is 1. The molecule has 0 unspecified atom stereocenters. The van der Waals surface area contributed by atoms with Crippen LogP contribution in [0.15, 0.2) is 36.6 Å². The summed E-state index contributed by atoms with van der Waals surface area (Å²) in [6, 6.07) is 7.20. The van der Waals surface area contributed by atoms with Crippen molar-refractivity contribution in [2.75, 3.05) is 6.61 Å². The minimum Gasteiger partial charge on any atom is -0.466 e. The van der Waals surface area contributed by atoms with Gasteiger partial charge in [0.25, 0.3) is 0 Å². The first kappa shape index (κ1) is 14.1. The fourth-order valence-corrected chi connectivity index (χ4v) is 1.31. The van der Waals surface area contributed by atoms with Crippen LogP contribution in [0.25, 0.3) is 0 Å². The van der Waals surface area contributed by atoms with Gasteiger partial charge in [0.15, 0.2) is 5.75 Å². The Bertz CT molecular complexity index is 399. The lowest BCUT2D eigenvalue weighted by molar-refractivity contribution is -0.151. The number of carbonyl (C=O) groups is 1. The fourth-order valence-electron chi connectivity index (χ4n) is 1.31. The second kappa shape index (κ2) is 8.17. The third-order valence-electron chi connectivity index (χ3n) is 2.14. The van der Waals surface area contributed by atoms with E-state index in [1.54, 1.807) is 19.1 Å². The lowest BCUT2D eigenvalue weighted by Gasteiger charge is -2.08. The zero-order valence-electron chi connectivity index (χ0n) is 10.7. The van der Waals surface area contributed by atoms with Crippen molar-refractivity contribution in [3.8, 4) is 5.75 Å². The second-order valence-corrected chi connectivity index (χ2v) is 3.55. The zero-order chi connectivity index (χ0) is 13.2. The van der Waals surface area contributed by atoms with Gasteiger partial charge in [0.2, 0.25) is 0 Å². The molecule has 4 nitrogen and oxygen atoms in total. The summed E-state index contributed by atoms with van der Waals surface area (Å²) in [4.78, 5) is 21.4. The predicted molar refractivity (Wildman–Crippen MR) is 67.9 cm³/mol. The van der Waals surface area contributed by atoms with Crippen LogP contribution in [0, 0.1) is 0 Å². The first-order valence-electron chi connectivity index (χ1n) is 5.99. The van der Waals surface area contributed by atoms with Gasteiger partial charge < -0.3 is 4.74 Å². The Morgan fingerprint density at radius 2 is 2.06 bits per heavy atom. The highest BCUT2D eigenvalue weighted by atomic mass is 17.2. The minimum atomic E-state index is -0.280. The van der Waals surface area contributed by atoms with Crippen molar-refractivity contribution in [1.29, 1.82) is 0 Å². The molecule has 1 aromatic carbocycles. The fraction of sp³-hybridized carbons (Fsp3) is 0.357. The first-order valence-corrected chi connectivity index (χ1v) is 5.99. The monoisotopic (exact) mass is 250 g/mol. The summed E-state index contributed by atoms with van der Waals surface area (Å²) >= 11 is 0. The number of carbonyl (C=O) groups excluding carboxylic acids is 1. The summed E-state index contributed by atoms with van der Waals surface area (Å²) in [6.07, 6.45) is 4.34. The van der Waals surface area contributed by atoms with E-state index in [4.69, 9.17) is 14.5 Å². The number of esters is 1. The van der Waals surface area contributed by atoms with Gasteiger partial charge in [-0.1, -0.05) is 25.1 Å². The SMILES string of the molecule is CC/C=C\OOc1ccccc1CC(=O)OCC. The zero-order valence-corrected chi connectivity index (χ0v) is 10.7. The maximum Gasteiger partial charge on any atom is 0.310 e. The van der Waals surface area contributed by atoms with Crippen LogP contribution < -0.4 is 4.89 Å². The summed E-state index contributed by atoms with van der Waals surface area (Å²) in [5, 5.41) is 0. The Morgan fingerprint density at radius 3 is 2.78 bits per heavy atom. The van der Waals surface area contributed by atoms with Crippen molar-refractivity contribution in [1.82, 2.24) is 0 Å². The maximum atomic E-state index is 11.4. The standard InChI is InChI=1S/C14H18O4/c1-3-5-10-17-18-13-9-7-6-8-12(13)11-14(15)16-4-2/h5-10H,3-4,11H2,1-2H3/b10-5-. The molecule has 98 valence electrons. The number of rotatable bonds is 7. The van der Waals surface area contributed by atoms with E-state index in [9.17, 15) is 4.79 Å². The quantitative estimate of drug-likeness (QED) is 0.323. The number of para-hydroxylation sites is 1. The van der Waals surface area contributed by atoms with Gasteiger partial charge in [0.1, 0.15) is 6.26 Å². The Labute approximate surface area is 107 Å². The lowest BCUT2D eigenvalue weighted by Crippen LogP contribution is -2.08. The van der Waals surface area contributed by atoms with Crippen LogP contribution in [0.3, 0.4) is 0 Å². The minimum absolute atomic E-state index is 0.171. The largest absolute Gasteiger partial charge is 0.466 e. The van der Waals surface area contributed by atoms with E-state index in [2.05, 4.69) is 0 Å². The summed E-state index contributed by atoms with van der Waals surface area (Å²) in [5.74, 6) is 0.240. The van der Waals surface area contributed by atoms with Gasteiger partial charge in [-0.15, -0.1) is 0 Å². The molecule has 0 amide bonds. The molecule has 0 fully saturated rings. The van der Waals surface area contributed by atoms with E-state index in [-0.39, 0.29) is 12.4 Å². The Morgan fingerprint density at radius 1 is 1.28 bits per heavy atom. The van der Waals surface area contributed by atoms with Crippen LogP contribution in [0.2, 0.25) is 0 Å². The highest BCUT2D eigenvalue weighted by molar-refractivity contribution is 5.73. The van der Waals surface area contributed by atoms with Crippen LogP contribution in [-0.2, 0) is 20.8 Å². The van der Waals surface area contributed by atoms with Crippen molar-refractivity contribution in [2.45, 2.75) is 26.7 Å². The topological polar surface area (TPSA) is 44.8 Å². The van der Waals surface area contributed by atoms with E-state index in [0.29, 0.717) is 12.4 Å². The molecule has 0 heterocycles.